The van der Waals surface area contributed by atoms with E-state index in [0.29, 0.717) is 30.3 Å². The number of hydrogen-bond acceptors (Lipinski definition) is 4. The number of allylic oxidation sites excluding steroid dienone is 1. The summed E-state index contributed by atoms with van der Waals surface area (Å²) in [6.45, 7) is 4.69. The van der Waals surface area contributed by atoms with Gasteiger partial charge in [0, 0.05) is 37.7 Å². The number of ether oxygens (including phenoxy) is 1. The number of amides is 2. The first kappa shape index (κ1) is 21.1. The van der Waals surface area contributed by atoms with Crippen LogP contribution in [0.1, 0.15) is 62.7 Å². The molecule has 1 aliphatic carbocycles. The molecule has 0 radical (unpaired) electrons. The fourth-order valence-corrected chi connectivity index (χ4v) is 4.16. The van der Waals surface area contributed by atoms with E-state index < -0.39 is 5.97 Å². The van der Waals surface area contributed by atoms with E-state index in [-0.39, 0.29) is 17.9 Å². The topological polar surface area (TPSA) is 75.7 Å². The lowest BCUT2D eigenvalue weighted by atomic mass is 9.98. The lowest BCUT2D eigenvalue weighted by Crippen LogP contribution is -2.46. The number of nitrogens with zero attached hydrogens (tertiary/aromatic N) is 1. The number of piperidine rings is 1. The van der Waals surface area contributed by atoms with Crippen molar-refractivity contribution < 1.29 is 19.1 Å². The second-order valence-corrected chi connectivity index (χ2v) is 8.06. The Balaban J connectivity index is 1.49. The number of nitrogens with one attached hydrogen (secondary N) is 1. The summed E-state index contributed by atoms with van der Waals surface area (Å²) in [5, 5.41) is 3.03. The Kier molecular flexibility index (Phi) is 7.07. The molecule has 0 unspecified atom stereocenters. The maximum atomic E-state index is 12.6. The molecule has 0 aromatic heterocycles. The molecule has 1 aliphatic heterocycles. The van der Waals surface area contributed by atoms with Crippen molar-refractivity contribution in [3.8, 4) is 5.75 Å². The summed E-state index contributed by atoms with van der Waals surface area (Å²) in [6.07, 6.45) is 8.20. The first-order valence-electron chi connectivity index (χ1n) is 10.5. The van der Waals surface area contributed by atoms with Gasteiger partial charge in [-0.2, -0.15) is 0 Å². The van der Waals surface area contributed by atoms with Crippen molar-refractivity contribution in [1.82, 2.24) is 10.2 Å². The number of likely N-dealkylation sites (tertiary alicyclic amines) is 1. The number of esters is 1. The molecule has 1 saturated carbocycles. The average molecular weight is 399 g/mol. The van der Waals surface area contributed by atoms with Gasteiger partial charge in [0.25, 0.3) is 5.91 Å². The van der Waals surface area contributed by atoms with Crippen LogP contribution in [0.15, 0.2) is 35.9 Å². The Bertz CT molecular complexity index is 788. The standard InChI is InChI=1S/C23H30N2O4/c1-16(18-6-3-4-7-18)14-22(27)25-12-10-20(11-13-25)24-23(28)19-8-5-9-21(15-19)29-17(2)26/h5,8-9,14-15,18,20H,3-4,6-7,10-13H2,1-2H3,(H,24,28)/b16-14+. The summed E-state index contributed by atoms with van der Waals surface area (Å²) < 4.78 is 5.04. The van der Waals surface area contributed by atoms with E-state index in [1.165, 1.54) is 38.2 Å². The SMILES string of the molecule is CC(=O)Oc1cccc(C(=O)NC2CCN(C(=O)/C=C(\C)C3CCCC3)CC2)c1. The molecule has 3 rings (SSSR count). The van der Waals surface area contributed by atoms with Crippen molar-refractivity contribution in [1.29, 1.82) is 0 Å². The molecule has 156 valence electrons. The van der Waals surface area contributed by atoms with Crippen LogP contribution in [0.5, 0.6) is 5.75 Å². The van der Waals surface area contributed by atoms with Gasteiger partial charge in [0.1, 0.15) is 5.75 Å². The molecule has 0 bridgehead atoms. The van der Waals surface area contributed by atoms with E-state index in [2.05, 4.69) is 12.2 Å². The van der Waals surface area contributed by atoms with E-state index >= 15 is 0 Å². The lowest BCUT2D eigenvalue weighted by molar-refractivity contribution is -0.132. The van der Waals surface area contributed by atoms with E-state index in [4.69, 9.17) is 4.74 Å². The fourth-order valence-electron chi connectivity index (χ4n) is 4.16. The number of carbonyl (C=O) groups is 3. The summed E-state index contributed by atoms with van der Waals surface area (Å²) in [5.74, 6) is 0.402. The first-order chi connectivity index (χ1) is 13.9. The summed E-state index contributed by atoms with van der Waals surface area (Å²) in [4.78, 5) is 38.0. The highest BCUT2D eigenvalue weighted by molar-refractivity contribution is 5.95. The van der Waals surface area contributed by atoms with Crippen LogP contribution < -0.4 is 10.1 Å². The third-order valence-corrected chi connectivity index (χ3v) is 5.85. The van der Waals surface area contributed by atoms with Gasteiger partial charge in [-0.1, -0.05) is 24.5 Å². The predicted octanol–water partition coefficient (Wildman–Crippen LogP) is 3.47. The van der Waals surface area contributed by atoms with Crippen molar-refractivity contribution >= 4 is 17.8 Å². The van der Waals surface area contributed by atoms with Gasteiger partial charge in [-0.3, -0.25) is 14.4 Å². The monoisotopic (exact) mass is 398 g/mol. The van der Waals surface area contributed by atoms with E-state index in [1.54, 1.807) is 24.3 Å². The minimum Gasteiger partial charge on any atom is -0.427 e. The third kappa shape index (κ3) is 5.92. The Labute approximate surface area is 172 Å². The summed E-state index contributed by atoms with van der Waals surface area (Å²) in [7, 11) is 0. The molecule has 0 spiro atoms. The van der Waals surface area contributed by atoms with Gasteiger partial charge in [0.2, 0.25) is 5.91 Å². The van der Waals surface area contributed by atoms with Crippen molar-refractivity contribution in [3.05, 3.63) is 41.5 Å². The third-order valence-electron chi connectivity index (χ3n) is 5.85. The Morgan fingerprint density at radius 2 is 1.76 bits per heavy atom. The molecule has 1 N–H and O–H groups in total. The summed E-state index contributed by atoms with van der Waals surface area (Å²) >= 11 is 0. The average Bonchev–Trinajstić information content (AvgIpc) is 3.23. The highest BCUT2D eigenvalue weighted by Gasteiger charge is 2.24. The highest BCUT2D eigenvalue weighted by atomic mass is 16.5. The van der Waals surface area contributed by atoms with Crippen molar-refractivity contribution in [2.75, 3.05) is 13.1 Å². The minimum absolute atomic E-state index is 0.0313. The maximum Gasteiger partial charge on any atom is 0.308 e. The molecule has 1 saturated heterocycles. The largest absolute Gasteiger partial charge is 0.427 e. The van der Waals surface area contributed by atoms with Gasteiger partial charge in [0.15, 0.2) is 0 Å². The predicted molar refractivity (Wildman–Crippen MR) is 111 cm³/mol. The number of benzene rings is 1. The van der Waals surface area contributed by atoms with Gasteiger partial charge in [-0.05, 0) is 56.7 Å². The number of rotatable bonds is 5. The highest BCUT2D eigenvalue weighted by Crippen LogP contribution is 2.30. The quantitative estimate of drug-likeness (QED) is 0.468. The minimum atomic E-state index is -0.420. The van der Waals surface area contributed by atoms with E-state index in [9.17, 15) is 14.4 Å². The molecule has 1 aromatic carbocycles. The van der Waals surface area contributed by atoms with Crippen LogP contribution in [-0.4, -0.2) is 41.8 Å². The second-order valence-electron chi connectivity index (χ2n) is 8.06. The Morgan fingerprint density at radius 1 is 1.07 bits per heavy atom. The van der Waals surface area contributed by atoms with Gasteiger partial charge < -0.3 is 15.0 Å². The van der Waals surface area contributed by atoms with Crippen LogP contribution in [-0.2, 0) is 9.59 Å². The van der Waals surface area contributed by atoms with Gasteiger partial charge in [0.05, 0.1) is 0 Å². The van der Waals surface area contributed by atoms with Crippen LogP contribution >= 0.6 is 0 Å². The maximum absolute atomic E-state index is 12.6. The van der Waals surface area contributed by atoms with E-state index in [1.807, 2.05) is 11.0 Å². The molecule has 6 heteroatoms. The Hall–Kier alpha value is -2.63. The van der Waals surface area contributed by atoms with Crippen LogP contribution in [0.2, 0.25) is 0 Å². The molecule has 1 heterocycles. The zero-order valence-electron chi connectivity index (χ0n) is 17.3. The molecule has 2 fully saturated rings. The van der Waals surface area contributed by atoms with Crippen LogP contribution in [0.3, 0.4) is 0 Å². The van der Waals surface area contributed by atoms with Gasteiger partial charge in [-0.25, -0.2) is 0 Å². The summed E-state index contributed by atoms with van der Waals surface area (Å²) in [6, 6.07) is 6.62. The molecule has 0 atom stereocenters. The second kappa shape index (κ2) is 9.72. The molecule has 2 amide bonds. The zero-order valence-corrected chi connectivity index (χ0v) is 17.3. The van der Waals surface area contributed by atoms with Crippen LogP contribution in [0.25, 0.3) is 0 Å². The fraction of sp³-hybridized carbons (Fsp3) is 0.522. The first-order valence-corrected chi connectivity index (χ1v) is 10.5. The number of hydrogen-bond donors (Lipinski definition) is 1. The van der Waals surface area contributed by atoms with Crippen molar-refractivity contribution in [2.24, 2.45) is 5.92 Å². The normalized spacial score (nSPS) is 18.6. The number of carbonyl (C=O) groups excluding carboxylic acids is 3. The summed E-state index contributed by atoms with van der Waals surface area (Å²) in [5.41, 5.74) is 1.66. The van der Waals surface area contributed by atoms with Crippen LogP contribution in [0, 0.1) is 5.92 Å². The van der Waals surface area contributed by atoms with Crippen LogP contribution in [0.4, 0.5) is 0 Å². The Morgan fingerprint density at radius 3 is 2.41 bits per heavy atom. The van der Waals surface area contributed by atoms with Gasteiger partial charge in [-0.15, -0.1) is 0 Å². The smallest absolute Gasteiger partial charge is 0.308 e. The van der Waals surface area contributed by atoms with Gasteiger partial charge >= 0.3 is 5.97 Å². The molecular weight excluding hydrogens is 368 g/mol. The van der Waals surface area contributed by atoms with Crippen molar-refractivity contribution in [3.63, 3.8) is 0 Å². The van der Waals surface area contributed by atoms with E-state index in [0.717, 1.165) is 12.8 Å². The molecular formula is C23H30N2O4. The lowest BCUT2D eigenvalue weighted by Gasteiger charge is -2.32. The zero-order chi connectivity index (χ0) is 20.8. The molecule has 29 heavy (non-hydrogen) atoms. The molecule has 6 nitrogen and oxygen atoms in total. The molecule has 1 aromatic rings. The van der Waals surface area contributed by atoms with Crippen molar-refractivity contribution in [2.45, 2.75) is 58.4 Å². The molecule has 2 aliphatic rings.